The van der Waals surface area contributed by atoms with Crippen molar-refractivity contribution in [1.29, 1.82) is 0 Å². The van der Waals surface area contributed by atoms with E-state index in [4.69, 9.17) is 11.6 Å². The van der Waals surface area contributed by atoms with Gasteiger partial charge in [0.1, 0.15) is 0 Å². The fraction of sp³-hybridized carbons (Fsp3) is 0.333. The average Bonchev–Trinajstić information content (AvgIpc) is 3.64. The second-order valence-electron chi connectivity index (χ2n) is 12.3. The van der Waals surface area contributed by atoms with Gasteiger partial charge in [-0.25, -0.2) is 5.01 Å². The van der Waals surface area contributed by atoms with Gasteiger partial charge in [0.25, 0.3) is 0 Å². The van der Waals surface area contributed by atoms with E-state index in [1.54, 1.807) is 11.1 Å². The van der Waals surface area contributed by atoms with E-state index in [9.17, 15) is 22.8 Å². The number of alkyl halides is 3. The summed E-state index contributed by atoms with van der Waals surface area (Å²) in [5.74, 6) is -0.301. The zero-order valence-corrected chi connectivity index (χ0v) is 27.0. The molecule has 1 fully saturated rings. The summed E-state index contributed by atoms with van der Waals surface area (Å²) in [5.41, 5.74) is 3.35. The number of hydrogen-bond acceptors (Lipinski definition) is 3. The third kappa shape index (κ3) is 7.04. The van der Waals surface area contributed by atoms with Crippen LogP contribution in [-0.4, -0.2) is 62.4 Å². The Morgan fingerprint density at radius 1 is 0.894 bits per heavy atom. The molecule has 2 aromatic heterocycles. The smallest absolute Gasteiger partial charge is 0.361 e. The Labute approximate surface area is 276 Å². The van der Waals surface area contributed by atoms with E-state index < -0.39 is 17.8 Å². The highest BCUT2D eigenvalue weighted by Crippen LogP contribution is 2.36. The summed E-state index contributed by atoms with van der Waals surface area (Å²) in [6.45, 7) is 3.88. The van der Waals surface area contributed by atoms with Crippen LogP contribution in [-0.2, 0) is 28.7 Å². The molecule has 7 nitrogen and oxygen atoms in total. The normalized spacial score (nSPS) is 15.3. The van der Waals surface area contributed by atoms with Crippen molar-refractivity contribution in [3.8, 4) is 0 Å². The van der Waals surface area contributed by atoms with E-state index >= 15 is 0 Å². The number of fused-ring (bicyclic) bond motifs is 2. The Morgan fingerprint density at radius 2 is 1.57 bits per heavy atom. The van der Waals surface area contributed by atoms with Crippen LogP contribution in [0.4, 0.5) is 13.2 Å². The van der Waals surface area contributed by atoms with Crippen molar-refractivity contribution in [1.82, 2.24) is 24.9 Å². The molecule has 3 aromatic carbocycles. The second-order valence-corrected chi connectivity index (χ2v) is 12.7. The minimum absolute atomic E-state index is 0.00932. The van der Waals surface area contributed by atoms with Crippen LogP contribution >= 0.6 is 11.6 Å². The minimum Gasteiger partial charge on any atom is -0.361 e. The molecule has 47 heavy (non-hydrogen) atoms. The molecule has 0 bridgehead atoms. The number of hydrazine groups is 1. The third-order valence-corrected chi connectivity index (χ3v) is 9.49. The Hall–Kier alpha value is -4.28. The molecule has 3 heterocycles. The molecule has 0 aliphatic carbocycles. The quantitative estimate of drug-likeness (QED) is 0.168. The number of amides is 2. The van der Waals surface area contributed by atoms with Crippen molar-refractivity contribution in [2.24, 2.45) is 0 Å². The summed E-state index contributed by atoms with van der Waals surface area (Å²) in [6.07, 6.45) is 1.36. The monoisotopic (exact) mass is 663 g/mol. The van der Waals surface area contributed by atoms with Crippen LogP contribution in [0, 0.1) is 0 Å². The molecule has 1 atom stereocenters. The molecular formula is C36H37ClF3N5O2. The maximum Gasteiger partial charge on any atom is 0.416 e. The average molecular weight is 664 g/mol. The van der Waals surface area contributed by atoms with E-state index in [-0.39, 0.29) is 36.4 Å². The van der Waals surface area contributed by atoms with Crippen LogP contribution in [0.5, 0.6) is 0 Å². The van der Waals surface area contributed by atoms with E-state index in [0.717, 1.165) is 46.3 Å². The molecule has 0 unspecified atom stereocenters. The number of hydrogen-bond donors (Lipinski definition) is 2. The van der Waals surface area contributed by atoms with Crippen LogP contribution < -0.4 is 0 Å². The number of H-pyrrole nitrogens is 2. The first-order valence-electron chi connectivity index (χ1n) is 15.8. The molecule has 1 aliphatic rings. The first-order chi connectivity index (χ1) is 22.5. The summed E-state index contributed by atoms with van der Waals surface area (Å²) in [5, 5.41) is 6.53. The number of benzene rings is 3. The lowest BCUT2D eigenvalue weighted by Gasteiger charge is -2.44. The predicted molar refractivity (Wildman–Crippen MR) is 178 cm³/mol. The van der Waals surface area contributed by atoms with Gasteiger partial charge in [-0.2, -0.15) is 13.2 Å². The van der Waals surface area contributed by atoms with Crippen LogP contribution in [0.3, 0.4) is 0 Å². The Balaban J connectivity index is 1.29. The predicted octanol–water partition coefficient (Wildman–Crippen LogP) is 7.92. The zero-order valence-electron chi connectivity index (χ0n) is 26.3. The van der Waals surface area contributed by atoms with Gasteiger partial charge >= 0.3 is 6.18 Å². The van der Waals surface area contributed by atoms with Gasteiger partial charge in [0.2, 0.25) is 11.8 Å². The number of carbonyl (C=O) groups excluding carboxylic acids is 2. The van der Waals surface area contributed by atoms with Crippen LogP contribution in [0.1, 0.15) is 54.9 Å². The second kappa shape index (κ2) is 13.4. The molecule has 0 radical (unpaired) electrons. The summed E-state index contributed by atoms with van der Waals surface area (Å²) in [7, 11) is 0. The highest BCUT2D eigenvalue weighted by atomic mass is 35.5. The number of aromatic amines is 2. The summed E-state index contributed by atoms with van der Waals surface area (Å²) in [6, 6.07) is 18.4. The van der Waals surface area contributed by atoms with Crippen molar-refractivity contribution in [3.63, 3.8) is 0 Å². The Bertz CT molecular complexity index is 1890. The minimum atomic E-state index is -4.56. The summed E-state index contributed by atoms with van der Waals surface area (Å²) < 4.78 is 41.7. The molecule has 2 amide bonds. The summed E-state index contributed by atoms with van der Waals surface area (Å²) >= 11 is 6.31. The van der Waals surface area contributed by atoms with Crippen molar-refractivity contribution < 1.29 is 22.8 Å². The number of piperidine rings is 1. The first-order valence-corrected chi connectivity index (χ1v) is 16.1. The molecule has 1 saturated heterocycles. The van der Waals surface area contributed by atoms with Gasteiger partial charge < -0.3 is 14.9 Å². The summed E-state index contributed by atoms with van der Waals surface area (Å²) in [4.78, 5) is 34.6. The fourth-order valence-electron chi connectivity index (χ4n) is 7.01. The lowest BCUT2D eigenvalue weighted by molar-refractivity contribution is -0.158. The first kappa shape index (κ1) is 32.7. The van der Waals surface area contributed by atoms with Crippen molar-refractivity contribution in [3.05, 3.63) is 106 Å². The maximum atomic E-state index is 13.9. The molecule has 0 saturated carbocycles. The van der Waals surface area contributed by atoms with E-state index in [1.807, 2.05) is 59.9 Å². The number of nitrogens with zero attached hydrogens (tertiary/aromatic N) is 3. The Morgan fingerprint density at radius 3 is 2.30 bits per heavy atom. The molecule has 5 aromatic rings. The number of para-hydroxylation sites is 1. The fourth-order valence-corrected chi connectivity index (χ4v) is 7.19. The zero-order chi connectivity index (χ0) is 33.3. The third-order valence-electron chi connectivity index (χ3n) is 9.25. The van der Waals surface area contributed by atoms with Crippen LogP contribution in [0.2, 0.25) is 5.02 Å². The number of carbonyl (C=O) groups is 2. The largest absolute Gasteiger partial charge is 0.416 e. The SMILES string of the molecule is CC(=O)N(Cc1ccccc1C(F)(F)F)C[C@@H](Cc1c[nH]c2ccccc12)N(C(C)=O)N1CCC(c2c[nH]c3ccc(Cl)cc23)CC1. The van der Waals surface area contributed by atoms with Gasteiger partial charge in [-0.15, -0.1) is 0 Å². The van der Waals surface area contributed by atoms with E-state index in [0.29, 0.717) is 24.5 Å². The van der Waals surface area contributed by atoms with Crippen molar-refractivity contribution in [2.45, 2.75) is 57.8 Å². The van der Waals surface area contributed by atoms with Gasteiger partial charge in [0, 0.05) is 79.2 Å². The molecule has 6 rings (SSSR count). The number of rotatable bonds is 9. The van der Waals surface area contributed by atoms with Gasteiger partial charge in [-0.3, -0.25) is 14.6 Å². The molecule has 2 N–H and O–H groups in total. The number of nitrogens with one attached hydrogen (secondary N) is 2. The van der Waals surface area contributed by atoms with Gasteiger partial charge in [-0.1, -0.05) is 48.0 Å². The molecule has 0 spiro atoms. The highest BCUT2D eigenvalue weighted by Gasteiger charge is 2.36. The Kier molecular flexibility index (Phi) is 9.34. The van der Waals surface area contributed by atoms with Crippen molar-refractivity contribution >= 4 is 45.2 Å². The lowest BCUT2D eigenvalue weighted by atomic mass is 9.89. The van der Waals surface area contributed by atoms with Crippen LogP contribution in [0.15, 0.2) is 79.1 Å². The van der Waals surface area contributed by atoms with Gasteiger partial charge in [0.05, 0.1) is 11.6 Å². The maximum absolute atomic E-state index is 13.9. The topological polar surface area (TPSA) is 75.4 Å². The van der Waals surface area contributed by atoms with E-state index in [1.165, 1.54) is 36.4 Å². The van der Waals surface area contributed by atoms with Gasteiger partial charge in [0.15, 0.2) is 0 Å². The van der Waals surface area contributed by atoms with Gasteiger partial charge in [-0.05, 0) is 72.2 Å². The lowest BCUT2D eigenvalue weighted by Crippen LogP contribution is -2.57. The standard InChI is InChI=1S/C36H37ClF3N5O2/c1-23(46)43(21-26-7-3-5-9-33(26)36(38,39)40)22-29(17-27-19-41-34-10-6-4-8-30(27)34)45(24(2)47)44-15-13-25(14-16-44)32-20-42-35-12-11-28(37)18-31(32)35/h3-12,18-20,25,29,41-42H,13-17,21-22H2,1-2H3/t29-/m1/s1. The highest BCUT2D eigenvalue weighted by molar-refractivity contribution is 6.31. The molecule has 11 heteroatoms. The molecule has 1 aliphatic heterocycles. The van der Waals surface area contributed by atoms with E-state index in [2.05, 4.69) is 9.97 Å². The molecular weight excluding hydrogens is 627 g/mol. The number of aromatic nitrogens is 2. The van der Waals surface area contributed by atoms with Crippen molar-refractivity contribution in [2.75, 3.05) is 19.6 Å². The van der Waals surface area contributed by atoms with Crippen LogP contribution in [0.25, 0.3) is 21.8 Å². The molecule has 246 valence electrons. The number of halogens is 4.